The summed E-state index contributed by atoms with van der Waals surface area (Å²) in [7, 11) is 0. The molecule has 127 heavy (non-hydrogen) atoms. The van der Waals surface area contributed by atoms with Crippen LogP contribution in [0, 0.1) is 13.8 Å². The highest BCUT2D eigenvalue weighted by molar-refractivity contribution is 5.59. The molecule has 0 fully saturated rings. The molecule has 0 heterocycles. The van der Waals surface area contributed by atoms with Gasteiger partial charge in [-0.05, 0) is 421 Å². The lowest BCUT2D eigenvalue weighted by Crippen LogP contribution is -2.02. The predicted molar refractivity (Wildman–Crippen MR) is 557 cm³/mol. The Morgan fingerprint density at radius 1 is 0.173 bits per heavy atom. The molecule has 2 rings (SSSR count). The zero-order valence-electron chi connectivity index (χ0n) is 85.5. The van der Waals surface area contributed by atoms with Gasteiger partial charge in [0.15, 0.2) is 0 Å². The van der Waals surface area contributed by atoms with E-state index in [0.717, 1.165) is 199 Å². The number of hydrogen-bond acceptors (Lipinski definition) is 8. The fourth-order valence-electron chi connectivity index (χ4n) is 15.6. The van der Waals surface area contributed by atoms with Gasteiger partial charge in [-0.15, -0.1) is 0 Å². The van der Waals surface area contributed by atoms with Crippen LogP contribution in [0.5, 0.6) is 23.0 Å². The Morgan fingerprint density at radius 2 is 0.299 bits per heavy atom. The third-order valence-corrected chi connectivity index (χ3v) is 25.2. The van der Waals surface area contributed by atoms with Crippen molar-refractivity contribution in [2.24, 2.45) is 0 Å². The fourth-order valence-corrected chi connectivity index (χ4v) is 15.6. The lowest BCUT2D eigenvalue weighted by Gasteiger charge is -2.17. The van der Waals surface area contributed by atoms with Gasteiger partial charge in [-0.25, -0.2) is 0 Å². The van der Waals surface area contributed by atoms with Crippen LogP contribution in [0.15, 0.2) is 233 Å². The van der Waals surface area contributed by atoms with Gasteiger partial charge in [0.2, 0.25) is 0 Å². The van der Waals surface area contributed by atoms with Crippen LogP contribution in [0.4, 0.5) is 0 Å². The van der Waals surface area contributed by atoms with Gasteiger partial charge < -0.3 is 40.9 Å². The van der Waals surface area contributed by atoms with Gasteiger partial charge in [-0.1, -0.05) is 240 Å². The third-order valence-electron chi connectivity index (χ3n) is 25.2. The number of aromatic hydroxyl groups is 4. The lowest BCUT2D eigenvalue weighted by atomic mass is 9.93. The molecule has 0 aliphatic heterocycles. The summed E-state index contributed by atoms with van der Waals surface area (Å²) in [5.74, 6) is -0.197. The van der Waals surface area contributed by atoms with Gasteiger partial charge in [-0.2, -0.15) is 0 Å². The minimum Gasteiger partial charge on any atom is -0.507 e. The van der Waals surface area contributed by atoms with Crippen molar-refractivity contribution in [2.75, 3.05) is 0 Å². The van der Waals surface area contributed by atoms with E-state index in [9.17, 15) is 40.9 Å². The van der Waals surface area contributed by atoms with Crippen LogP contribution in [0.25, 0.3) is 0 Å². The summed E-state index contributed by atoms with van der Waals surface area (Å²) in [6.45, 7) is 51.1. The second-order valence-electron chi connectivity index (χ2n) is 37.8. The van der Waals surface area contributed by atoms with Crippen molar-refractivity contribution in [3.63, 3.8) is 0 Å². The van der Waals surface area contributed by atoms with Gasteiger partial charge in [0, 0.05) is 33.4 Å². The zero-order valence-corrected chi connectivity index (χ0v) is 85.5. The third kappa shape index (κ3) is 56.5. The molecule has 8 nitrogen and oxygen atoms in total. The van der Waals surface area contributed by atoms with Crippen molar-refractivity contribution in [1.29, 1.82) is 0 Å². The second-order valence-corrected chi connectivity index (χ2v) is 37.8. The van der Waals surface area contributed by atoms with E-state index >= 15 is 0 Å². The number of benzene rings is 2. The average Bonchev–Trinajstić information content (AvgIpc) is 0.793. The molecule has 0 unspecified atom stereocenters. The molecular weight excluding hydrogens is 1560 g/mol. The second kappa shape index (κ2) is 71.1. The summed E-state index contributed by atoms with van der Waals surface area (Å²) < 4.78 is 0. The topological polar surface area (TPSA) is 162 Å². The lowest BCUT2D eigenvalue weighted by molar-refractivity contribution is 0.249. The maximum Gasteiger partial charge on any atom is 0.125 e. The monoisotopic (exact) mass is 1740 g/mol. The van der Waals surface area contributed by atoms with Crippen LogP contribution in [0.2, 0.25) is 0 Å². The number of aliphatic hydroxyl groups is 4. The van der Waals surface area contributed by atoms with Gasteiger partial charge in [-0.3, -0.25) is 0 Å². The molecule has 0 spiro atoms. The van der Waals surface area contributed by atoms with Crippen molar-refractivity contribution in [1.82, 2.24) is 0 Å². The molecule has 0 amide bonds. The van der Waals surface area contributed by atoms with E-state index < -0.39 is 26.4 Å². The number of hydrogen-bond donors (Lipinski definition) is 8. The molecule has 8 N–H and O–H groups in total. The van der Waals surface area contributed by atoms with E-state index in [4.69, 9.17) is 0 Å². The molecule has 710 valence electrons. The van der Waals surface area contributed by atoms with E-state index in [0.29, 0.717) is 35.1 Å². The molecule has 0 saturated heterocycles. The summed E-state index contributed by atoms with van der Waals surface area (Å²) in [5, 5.41) is 80.8. The minimum atomic E-state index is -0.438. The maximum absolute atomic E-state index is 10.7. The van der Waals surface area contributed by atoms with Crippen molar-refractivity contribution in [2.45, 2.75) is 443 Å². The Bertz CT molecular complexity index is 4240. The van der Waals surface area contributed by atoms with Crippen molar-refractivity contribution < 1.29 is 40.9 Å². The summed E-state index contributed by atoms with van der Waals surface area (Å²) in [5.41, 5.74) is 32.2. The summed E-state index contributed by atoms with van der Waals surface area (Å²) in [4.78, 5) is 0. The predicted octanol–water partition coefficient (Wildman–Crippen LogP) is 35.3. The van der Waals surface area contributed by atoms with Gasteiger partial charge >= 0.3 is 0 Å². The quantitative estimate of drug-likeness (QED) is 0.0240. The van der Waals surface area contributed by atoms with Crippen LogP contribution in [-0.2, 0) is 39.3 Å². The van der Waals surface area contributed by atoms with Crippen molar-refractivity contribution >= 4 is 0 Å². The van der Waals surface area contributed by atoms with Crippen molar-refractivity contribution in [3.8, 4) is 23.0 Å². The molecule has 0 radical (unpaired) electrons. The Morgan fingerprint density at radius 3 is 0.433 bits per heavy atom. The molecule has 0 saturated carbocycles. The zero-order chi connectivity index (χ0) is 95.0. The van der Waals surface area contributed by atoms with E-state index in [-0.39, 0.29) is 45.3 Å². The first kappa shape index (κ1) is 117. The van der Waals surface area contributed by atoms with Crippen LogP contribution in [0.1, 0.15) is 434 Å². The minimum absolute atomic E-state index is 0.0418. The van der Waals surface area contributed by atoms with Gasteiger partial charge in [0.25, 0.3) is 0 Å². The summed E-state index contributed by atoms with van der Waals surface area (Å²) in [6.07, 6.45) is 89.9. The summed E-state index contributed by atoms with van der Waals surface area (Å²) in [6, 6.07) is 0. The van der Waals surface area contributed by atoms with Gasteiger partial charge in [0.05, 0.1) is 26.4 Å². The normalized spacial score (nSPS) is 14.5. The number of aliphatic hydroxyl groups excluding tert-OH is 4. The largest absolute Gasteiger partial charge is 0.507 e. The first-order valence-electron chi connectivity index (χ1n) is 49.1. The van der Waals surface area contributed by atoms with Crippen LogP contribution in [-0.4, -0.2) is 40.9 Å². The highest BCUT2D eigenvalue weighted by Crippen LogP contribution is 2.40. The molecular formula is C119H186O8. The van der Waals surface area contributed by atoms with E-state index in [1.165, 1.54) is 150 Å². The molecule has 8 heteroatoms. The van der Waals surface area contributed by atoms with Gasteiger partial charge in [0.1, 0.15) is 23.0 Å². The molecule has 0 bridgehead atoms. The molecule has 2 aromatic carbocycles. The highest BCUT2D eigenvalue weighted by atomic mass is 16.3. The number of allylic oxidation sites excluding steroid dienone is 40. The van der Waals surface area contributed by atoms with Crippen LogP contribution < -0.4 is 0 Å². The summed E-state index contributed by atoms with van der Waals surface area (Å²) >= 11 is 0. The van der Waals surface area contributed by atoms with Crippen LogP contribution >= 0.6 is 0 Å². The smallest absolute Gasteiger partial charge is 0.125 e. The molecule has 0 aliphatic carbocycles. The number of phenols is 4. The van der Waals surface area contributed by atoms with Crippen molar-refractivity contribution in [3.05, 3.63) is 277 Å². The highest BCUT2D eigenvalue weighted by Gasteiger charge is 2.22. The Kier molecular flexibility index (Phi) is 65.7. The molecule has 0 atom stereocenters. The van der Waals surface area contributed by atoms with E-state index in [1.54, 1.807) is 13.8 Å². The standard InChI is InChI=1S/C65H102O4.C54H84O4/c1-14-49(2)25-15-26-50(3)27-16-28-51(4)29-17-30-52(5)31-18-32-53(6)33-19-34-54(7)35-20-36-55(8)37-21-38-56(9)39-22-40-57(10)41-23-42-58(11)43-24-44-59(12)45-46-61-60(13)64(68)62(47-66)63(48-67)65(61)69;1-40(2)20-12-21-41(3)22-13-23-42(4)24-14-25-43(5)26-15-27-44(6)28-16-29-45(7)30-17-31-46(8)32-18-33-47(9)34-19-35-48(10)36-37-50-49(11)53(57)51(38-55)52(39-56)54(50)58/h25,27,29,31,33,35,37,39,41,43,45,66-69H,14-24,26,28,30,32,34,36,38,40,42,44,46-48H2,1-13H3;20,22,24,26,28,30,32,34,36,55-58H,12-19,21,23,25,27,29,31,33,35,37-39H2,1-11H3/b49-25+,50-27+,51-29+,52-31+,53-33+,54-35+,55-37+,56-39+,57-41+,58-43+,59-45+;41-22+,42-24+,43-26+,44-28+,45-30+,46-32+,47-34+,48-36+. The SMILES string of the molecule is CC(C)=CCC/C(C)=C/CC/C(C)=C/CC/C(C)=C/CC/C(C)=C/CC/C(C)=C/CC/C(C)=C/CC/C(C)=C/CC/C(C)=C/Cc1c(C)c(O)c(CO)c(CO)c1O.CC/C(C)=C/CC/C(C)=C/CC/C(C)=C/CC/C(C)=C/CC/C(C)=C/CC/C(C)=C/CC/C(C)=C/CC/C(C)=C/CC/C(C)=C/CC/C(C)=C/CC/C(C)=C/Cc1c(C)c(O)c(CO)c(CO)c1O. The van der Waals surface area contributed by atoms with E-state index in [2.05, 4.69) is 274 Å². The first-order valence-corrected chi connectivity index (χ1v) is 49.1. The Hall–Kier alpha value is -7.72. The van der Waals surface area contributed by atoms with E-state index in [1.807, 2.05) is 0 Å². The molecule has 2 aromatic rings. The molecule has 0 aliphatic rings. The van der Waals surface area contributed by atoms with Crippen LogP contribution in [0.3, 0.4) is 0 Å². The Balaban J connectivity index is 0.00000129. The Labute approximate surface area is 779 Å². The molecule has 0 aromatic heterocycles. The fraction of sp³-hybridized carbons (Fsp3) is 0.563. The number of rotatable bonds is 63. The average molecular weight is 1740 g/mol. The maximum atomic E-state index is 10.7. The first-order chi connectivity index (χ1) is 60.5.